The molecule has 162 valence electrons. The van der Waals surface area contributed by atoms with E-state index in [1.54, 1.807) is 16.7 Å². The third kappa shape index (κ3) is 4.16. The van der Waals surface area contributed by atoms with Crippen LogP contribution in [0.25, 0.3) is 16.9 Å². The molecule has 2 aliphatic heterocycles. The monoisotopic (exact) mass is 424 g/mol. The average molecular weight is 424 g/mol. The summed E-state index contributed by atoms with van der Waals surface area (Å²) in [6, 6.07) is 11.7. The van der Waals surface area contributed by atoms with E-state index in [1.807, 2.05) is 29.2 Å². The molecule has 31 heavy (non-hydrogen) atoms. The van der Waals surface area contributed by atoms with Gasteiger partial charge in [-0.2, -0.15) is 0 Å². The molecule has 0 unspecified atom stereocenters. The molecule has 0 aliphatic carbocycles. The van der Waals surface area contributed by atoms with Gasteiger partial charge in [-0.1, -0.05) is 12.1 Å². The van der Waals surface area contributed by atoms with Crippen LogP contribution in [0.2, 0.25) is 0 Å². The second-order valence-corrected chi connectivity index (χ2v) is 7.99. The van der Waals surface area contributed by atoms with Gasteiger partial charge in [-0.05, 0) is 50.6 Å². The molecule has 4 heterocycles. The number of carbonyl (C=O) groups excluding carboxylic acids is 1. The number of fused-ring (bicyclic) bond motifs is 3. The zero-order valence-electron chi connectivity index (χ0n) is 17.3. The predicted molar refractivity (Wildman–Crippen MR) is 114 cm³/mol. The van der Waals surface area contributed by atoms with Gasteiger partial charge in [0.2, 0.25) is 0 Å². The van der Waals surface area contributed by atoms with Crippen LogP contribution >= 0.6 is 0 Å². The van der Waals surface area contributed by atoms with E-state index in [0.29, 0.717) is 23.3 Å². The first-order chi connectivity index (χ1) is 15.0. The zero-order valence-corrected chi connectivity index (χ0v) is 17.3. The molecule has 2 aliphatic rings. The Balaban J connectivity index is 0.000000730. The third-order valence-corrected chi connectivity index (χ3v) is 6.33. The normalized spacial score (nSPS) is 20.8. The highest BCUT2D eigenvalue weighted by Crippen LogP contribution is 2.29. The number of nitrogens with zero attached hydrogens (tertiary/aromatic N) is 4. The minimum Gasteiger partial charge on any atom is -0.483 e. The Morgan fingerprint density at radius 2 is 1.84 bits per heavy atom. The number of benzene rings is 1. The van der Waals surface area contributed by atoms with Crippen LogP contribution in [-0.2, 0) is 4.79 Å². The lowest BCUT2D eigenvalue weighted by molar-refractivity contribution is -0.122. The number of aromatic nitrogens is 2. The zero-order chi connectivity index (χ0) is 22.0. The Bertz CT molecular complexity index is 1080. The summed E-state index contributed by atoms with van der Waals surface area (Å²) in [6.45, 7) is 1.37. The lowest BCUT2D eigenvalue weighted by atomic mass is 10.1. The van der Waals surface area contributed by atoms with Gasteiger partial charge in [0.1, 0.15) is 11.5 Å². The largest absolute Gasteiger partial charge is 0.483 e. The number of carboxylic acid groups (broad SMARTS) is 1. The Morgan fingerprint density at radius 3 is 2.58 bits per heavy atom. The molecular weight excluding hydrogens is 399 g/mol. The van der Waals surface area contributed by atoms with Crippen LogP contribution in [0.3, 0.4) is 0 Å². The first kappa shape index (κ1) is 21.0. The molecule has 8 heteroatoms. The summed E-state index contributed by atoms with van der Waals surface area (Å²) < 4.78 is 15.3. The summed E-state index contributed by atoms with van der Waals surface area (Å²) in [5, 5.41) is 6.89. The molecule has 1 amide bonds. The lowest BCUT2D eigenvalue weighted by Gasteiger charge is -2.26. The minimum atomic E-state index is -0.307. The van der Waals surface area contributed by atoms with Crippen LogP contribution in [0.1, 0.15) is 29.6 Å². The maximum absolute atomic E-state index is 13.6. The molecular formula is C23H25FN4O3. The standard InChI is InChI=1S/C22H23FN4O.CH2O2/c1-25-18-7-8-19(25)14-26(11-10-18)22(28)16-4-2-15(3-5-16)20-12-24-21-9-6-17(23)13-27(20)21;2-1-3/h2-6,9,12-13,18-19H,7-8,10-11,14H2,1H3;1H,(H,2,3)/t18-,19+;/m0./s1. The molecule has 2 aromatic heterocycles. The second kappa shape index (κ2) is 8.85. The Morgan fingerprint density at radius 1 is 1.13 bits per heavy atom. The van der Waals surface area contributed by atoms with E-state index in [4.69, 9.17) is 9.90 Å². The van der Waals surface area contributed by atoms with E-state index in [2.05, 4.69) is 16.9 Å². The van der Waals surface area contributed by atoms with Crippen LogP contribution in [0.4, 0.5) is 4.39 Å². The Hall–Kier alpha value is -3.26. The van der Waals surface area contributed by atoms with Crippen LogP contribution in [0.5, 0.6) is 0 Å². The highest BCUT2D eigenvalue weighted by Gasteiger charge is 2.36. The maximum atomic E-state index is 13.6. The summed E-state index contributed by atoms with van der Waals surface area (Å²) in [4.78, 5) is 30.2. The predicted octanol–water partition coefficient (Wildman–Crippen LogP) is 3.15. The van der Waals surface area contributed by atoms with Gasteiger partial charge in [-0.3, -0.25) is 18.9 Å². The first-order valence-electron chi connectivity index (χ1n) is 10.3. The van der Waals surface area contributed by atoms with Crippen molar-refractivity contribution in [2.75, 3.05) is 20.1 Å². The van der Waals surface area contributed by atoms with Gasteiger partial charge >= 0.3 is 0 Å². The van der Waals surface area contributed by atoms with Crippen molar-refractivity contribution in [3.8, 4) is 11.3 Å². The molecule has 1 aromatic carbocycles. The van der Waals surface area contributed by atoms with E-state index in [0.717, 1.165) is 30.8 Å². The van der Waals surface area contributed by atoms with Crippen molar-refractivity contribution >= 4 is 18.0 Å². The van der Waals surface area contributed by atoms with Gasteiger partial charge in [0.05, 0.1) is 11.9 Å². The molecule has 0 spiro atoms. The van der Waals surface area contributed by atoms with E-state index in [-0.39, 0.29) is 18.2 Å². The smallest absolute Gasteiger partial charge is 0.290 e. The first-order valence-corrected chi connectivity index (χ1v) is 10.3. The van der Waals surface area contributed by atoms with Gasteiger partial charge in [-0.25, -0.2) is 9.37 Å². The number of hydrogen-bond acceptors (Lipinski definition) is 4. The van der Waals surface area contributed by atoms with E-state index < -0.39 is 0 Å². The van der Waals surface area contributed by atoms with E-state index >= 15 is 0 Å². The molecule has 0 saturated carbocycles. The fourth-order valence-electron chi connectivity index (χ4n) is 4.63. The van der Waals surface area contributed by atoms with Gasteiger partial charge in [0.25, 0.3) is 12.4 Å². The molecule has 3 aromatic rings. The highest BCUT2D eigenvalue weighted by atomic mass is 19.1. The summed E-state index contributed by atoms with van der Waals surface area (Å²) in [6.07, 6.45) is 6.63. The number of pyridine rings is 1. The summed E-state index contributed by atoms with van der Waals surface area (Å²) in [5.41, 5.74) is 3.11. The summed E-state index contributed by atoms with van der Waals surface area (Å²) >= 11 is 0. The van der Waals surface area contributed by atoms with Gasteiger partial charge in [0, 0.05) is 42.5 Å². The van der Waals surface area contributed by atoms with Gasteiger partial charge in [0.15, 0.2) is 0 Å². The number of hydrogen-bond donors (Lipinski definition) is 1. The topological polar surface area (TPSA) is 78.1 Å². The third-order valence-electron chi connectivity index (χ3n) is 6.33. The maximum Gasteiger partial charge on any atom is 0.290 e. The Kier molecular flexibility index (Phi) is 5.99. The van der Waals surface area contributed by atoms with Crippen molar-refractivity contribution in [3.05, 3.63) is 60.2 Å². The van der Waals surface area contributed by atoms with Crippen LogP contribution in [-0.4, -0.2) is 68.9 Å². The molecule has 2 saturated heterocycles. The van der Waals surface area contributed by atoms with Crippen molar-refractivity contribution in [1.82, 2.24) is 19.2 Å². The number of likely N-dealkylation sites (N-methyl/N-ethyl adjacent to an activating group) is 1. The van der Waals surface area contributed by atoms with Crippen molar-refractivity contribution in [2.45, 2.75) is 31.3 Å². The quantitative estimate of drug-likeness (QED) is 0.640. The molecule has 5 rings (SSSR count). The summed E-state index contributed by atoms with van der Waals surface area (Å²) in [5.74, 6) is -0.212. The van der Waals surface area contributed by atoms with Crippen LogP contribution in [0.15, 0.2) is 48.8 Å². The highest BCUT2D eigenvalue weighted by molar-refractivity contribution is 5.94. The fraction of sp³-hybridized carbons (Fsp3) is 0.348. The number of likely N-dealkylation sites (tertiary alicyclic amines) is 1. The van der Waals surface area contributed by atoms with Gasteiger partial charge in [-0.15, -0.1) is 0 Å². The molecule has 0 radical (unpaired) electrons. The number of imidazole rings is 1. The number of rotatable bonds is 2. The molecule has 1 N–H and O–H groups in total. The van der Waals surface area contributed by atoms with Gasteiger partial charge < -0.3 is 10.0 Å². The van der Waals surface area contributed by atoms with E-state index in [9.17, 15) is 9.18 Å². The molecule has 2 atom stereocenters. The fourth-order valence-corrected chi connectivity index (χ4v) is 4.63. The summed E-state index contributed by atoms with van der Waals surface area (Å²) in [7, 11) is 2.18. The molecule has 2 bridgehead atoms. The second-order valence-electron chi connectivity index (χ2n) is 7.99. The molecule has 7 nitrogen and oxygen atoms in total. The number of halogens is 1. The lowest BCUT2D eigenvalue weighted by Crippen LogP contribution is -2.39. The Labute approximate surface area is 179 Å². The van der Waals surface area contributed by atoms with E-state index in [1.165, 1.54) is 25.1 Å². The van der Waals surface area contributed by atoms with Crippen molar-refractivity contribution in [3.63, 3.8) is 0 Å². The van der Waals surface area contributed by atoms with Crippen LogP contribution < -0.4 is 0 Å². The molecule has 2 fully saturated rings. The van der Waals surface area contributed by atoms with Crippen LogP contribution in [0, 0.1) is 5.82 Å². The number of amides is 1. The van der Waals surface area contributed by atoms with Crippen molar-refractivity contribution in [2.24, 2.45) is 0 Å². The minimum absolute atomic E-state index is 0.0942. The SMILES string of the molecule is CN1[C@H]2CC[C@@H]1CN(C(=O)c1ccc(-c3cnc4ccc(F)cn34)cc1)CC2.O=CO. The number of carbonyl (C=O) groups is 2. The van der Waals surface area contributed by atoms with Crippen molar-refractivity contribution < 1.29 is 19.1 Å². The van der Waals surface area contributed by atoms with Crippen molar-refractivity contribution in [1.29, 1.82) is 0 Å². The average Bonchev–Trinajstić information content (AvgIpc) is 3.28.